The highest BCUT2D eigenvalue weighted by atomic mass is 16.6. The van der Waals surface area contributed by atoms with Crippen molar-refractivity contribution in [1.82, 2.24) is 0 Å². The zero-order valence-corrected chi connectivity index (χ0v) is 27.8. The molecule has 2 bridgehead atoms. The zero-order valence-electron chi connectivity index (χ0n) is 27.8. The lowest BCUT2D eigenvalue weighted by molar-refractivity contribution is -0.252. The number of aromatic carboxylic acids is 1. The number of carbonyl (C=O) groups excluding carboxylic acids is 2. The topological polar surface area (TPSA) is 89.9 Å². The number of carboxylic acid groups (broad SMARTS) is 1. The summed E-state index contributed by atoms with van der Waals surface area (Å²) < 4.78 is 12.5. The molecule has 6 nitrogen and oxygen atoms in total. The maximum atomic E-state index is 13.5. The van der Waals surface area contributed by atoms with E-state index in [1.807, 2.05) is 0 Å². The van der Waals surface area contributed by atoms with Crippen molar-refractivity contribution in [2.45, 2.75) is 125 Å². The normalized spacial score (nSPS) is 46.4. The molecule has 240 valence electrons. The lowest BCUT2D eigenvalue weighted by atomic mass is 9.31. The maximum absolute atomic E-state index is 13.5. The summed E-state index contributed by atoms with van der Waals surface area (Å²) >= 11 is 0. The molecule has 1 heterocycles. The molecular formula is C38H52O6. The van der Waals surface area contributed by atoms with Crippen LogP contribution in [0.25, 0.3) is 0 Å². The lowest BCUT2D eigenvalue weighted by Crippen LogP contribution is -2.68. The van der Waals surface area contributed by atoms with E-state index >= 15 is 0 Å². The van der Waals surface area contributed by atoms with Gasteiger partial charge in [0.25, 0.3) is 0 Å². The molecule has 1 saturated heterocycles. The van der Waals surface area contributed by atoms with Crippen LogP contribution in [0.15, 0.2) is 24.3 Å². The second-order valence-corrected chi connectivity index (χ2v) is 17.8. The van der Waals surface area contributed by atoms with Crippen LogP contribution in [-0.4, -0.2) is 35.2 Å². The first-order chi connectivity index (χ1) is 20.5. The van der Waals surface area contributed by atoms with Crippen LogP contribution in [0.4, 0.5) is 0 Å². The molecule has 0 spiro atoms. The average Bonchev–Trinajstić information content (AvgIpc) is 3.22. The molecule has 6 fully saturated rings. The fourth-order valence-electron chi connectivity index (χ4n) is 13.1. The van der Waals surface area contributed by atoms with E-state index in [9.17, 15) is 19.5 Å². The smallest absolute Gasteiger partial charge is 0.339 e. The summed E-state index contributed by atoms with van der Waals surface area (Å²) in [5, 5.41) is 9.65. The van der Waals surface area contributed by atoms with Gasteiger partial charge in [-0.25, -0.2) is 9.59 Å². The monoisotopic (exact) mass is 604 g/mol. The molecule has 7 rings (SSSR count). The SMILES string of the molecule is CC1(C)CC[C@]23CC[C@]4(C)[C@H](CC[C@@H]5[C@@]6(C)CC[C@@H](OC(=O)c7ccccc7C(=O)O)C(C)(C)[C@H]6CC[C@]54C)[C@@H]2[C@@H]1OC3=O. The molecule has 10 atom stereocenters. The first-order valence-corrected chi connectivity index (χ1v) is 17.3. The number of carboxylic acids is 1. The van der Waals surface area contributed by atoms with Gasteiger partial charge in [0.15, 0.2) is 0 Å². The summed E-state index contributed by atoms with van der Waals surface area (Å²) in [5.74, 6) is 0.269. The Morgan fingerprint density at radius 2 is 1.48 bits per heavy atom. The molecule has 6 heteroatoms. The Morgan fingerprint density at radius 3 is 2.18 bits per heavy atom. The fraction of sp³-hybridized carbons (Fsp3) is 0.763. The highest BCUT2D eigenvalue weighted by molar-refractivity contribution is 6.02. The van der Waals surface area contributed by atoms with E-state index in [0.717, 1.165) is 51.4 Å². The van der Waals surface area contributed by atoms with Gasteiger partial charge in [0.05, 0.1) is 16.5 Å². The van der Waals surface area contributed by atoms with E-state index < -0.39 is 11.9 Å². The van der Waals surface area contributed by atoms with E-state index in [1.54, 1.807) is 18.2 Å². The number of hydrogen-bond donors (Lipinski definition) is 1. The van der Waals surface area contributed by atoms with Crippen LogP contribution in [-0.2, 0) is 14.3 Å². The summed E-state index contributed by atoms with van der Waals surface area (Å²) in [6, 6.07) is 6.36. The van der Waals surface area contributed by atoms with Crippen LogP contribution < -0.4 is 0 Å². The number of rotatable bonds is 3. The van der Waals surface area contributed by atoms with E-state index in [1.165, 1.54) is 18.9 Å². The second kappa shape index (κ2) is 9.35. The Kier molecular flexibility index (Phi) is 6.43. The Hall–Kier alpha value is -2.37. The first kappa shape index (κ1) is 30.3. The fourth-order valence-corrected chi connectivity index (χ4v) is 13.1. The Bertz CT molecular complexity index is 1410. The van der Waals surface area contributed by atoms with Gasteiger partial charge in [-0.2, -0.15) is 0 Å². The van der Waals surface area contributed by atoms with E-state index in [2.05, 4.69) is 48.5 Å². The predicted octanol–water partition coefficient (Wildman–Crippen LogP) is 8.33. The second-order valence-electron chi connectivity index (χ2n) is 17.8. The minimum absolute atomic E-state index is 0.00876. The predicted molar refractivity (Wildman–Crippen MR) is 167 cm³/mol. The van der Waals surface area contributed by atoms with Gasteiger partial charge in [-0.05, 0) is 110 Å². The highest BCUT2D eigenvalue weighted by Crippen LogP contribution is 2.78. The standard InChI is InChI=1S/C38H52O6/c1-33(2)18-20-38-21-19-36(6)24(28(38)29(33)44-32(38)42)12-13-26-35(5)16-15-27(34(3,4)25(35)14-17-37(26,36)7)43-31(41)23-11-9-8-10-22(23)30(39)40/h8-11,24-29H,12-21H2,1-7H3,(H,39,40)/t24-,25-,26-,27-,28-,29+,35+,36-,37-,38+/m1/s1. The van der Waals surface area contributed by atoms with E-state index in [-0.39, 0.29) is 61.8 Å². The summed E-state index contributed by atoms with van der Waals surface area (Å²) in [7, 11) is 0. The Morgan fingerprint density at radius 1 is 0.795 bits per heavy atom. The summed E-state index contributed by atoms with van der Waals surface area (Å²) in [4.78, 5) is 38.7. The Labute approximate surface area is 263 Å². The van der Waals surface area contributed by atoms with Gasteiger partial charge < -0.3 is 14.6 Å². The maximum Gasteiger partial charge on any atom is 0.339 e. The van der Waals surface area contributed by atoms with Gasteiger partial charge in [0, 0.05) is 16.7 Å². The molecule has 6 aliphatic rings. The largest absolute Gasteiger partial charge is 0.478 e. The number of hydrogen-bond acceptors (Lipinski definition) is 5. The number of fused-ring (bicyclic) bond motifs is 5. The van der Waals surface area contributed by atoms with Gasteiger partial charge >= 0.3 is 17.9 Å². The van der Waals surface area contributed by atoms with Crippen LogP contribution in [0, 0.1) is 56.2 Å². The third-order valence-corrected chi connectivity index (χ3v) is 15.6. The molecule has 1 N–H and O–H groups in total. The van der Waals surface area contributed by atoms with E-state index in [4.69, 9.17) is 9.47 Å². The van der Waals surface area contributed by atoms with Gasteiger partial charge in [-0.1, -0.05) is 60.6 Å². The van der Waals surface area contributed by atoms with Gasteiger partial charge in [-0.3, -0.25) is 4.79 Å². The van der Waals surface area contributed by atoms with Crippen molar-refractivity contribution in [2.24, 2.45) is 56.2 Å². The molecule has 0 aromatic heterocycles. The van der Waals surface area contributed by atoms with Crippen molar-refractivity contribution in [3.05, 3.63) is 35.4 Å². The summed E-state index contributed by atoms with van der Waals surface area (Å²) in [6.07, 6.45) is 10.3. The molecule has 44 heavy (non-hydrogen) atoms. The molecule has 5 aliphatic carbocycles. The van der Waals surface area contributed by atoms with Crippen molar-refractivity contribution in [2.75, 3.05) is 0 Å². The number of carbonyl (C=O) groups is 3. The van der Waals surface area contributed by atoms with Crippen molar-refractivity contribution < 1.29 is 29.0 Å². The third kappa shape index (κ3) is 3.69. The number of esters is 2. The summed E-state index contributed by atoms with van der Waals surface area (Å²) in [6.45, 7) is 16.9. The van der Waals surface area contributed by atoms with Crippen LogP contribution in [0.3, 0.4) is 0 Å². The van der Waals surface area contributed by atoms with Gasteiger partial charge in [0.2, 0.25) is 0 Å². The molecule has 0 amide bonds. The molecule has 1 aliphatic heterocycles. The van der Waals surface area contributed by atoms with Crippen molar-refractivity contribution >= 4 is 17.9 Å². The third-order valence-electron chi connectivity index (χ3n) is 15.6. The van der Waals surface area contributed by atoms with Crippen LogP contribution in [0.5, 0.6) is 0 Å². The zero-order chi connectivity index (χ0) is 31.7. The minimum atomic E-state index is -1.11. The van der Waals surface area contributed by atoms with Gasteiger partial charge in [-0.15, -0.1) is 0 Å². The van der Waals surface area contributed by atoms with Crippen LogP contribution in [0.2, 0.25) is 0 Å². The quantitative estimate of drug-likeness (QED) is 0.349. The van der Waals surface area contributed by atoms with Crippen LogP contribution in [0.1, 0.15) is 133 Å². The van der Waals surface area contributed by atoms with E-state index in [0.29, 0.717) is 23.7 Å². The van der Waals surface area contributed by atoms with Crippen molar-refractivity contribution in [1.29, 1.82) is 0 Å². The molecular weight excluding hydrogens is 552 g/mol. The molecule has 5 saturated carbocycles. The van der Waals surface area contributed by atoms with Gasteiger partial charge in [0.1, 0.15) is 12.2 Å². The minimum Gasteiger partial charge on any atom is -0.478 e. The molecule has 1 aromatic rings. The molecule has 1 aromatic carbocycles. The molecule has 0 unspecified atom stereocenters. The first-order valence-electron chi connectivity index (χ1n) is 17.3. The molecule has 0 radical (unpaired) electrons. The Balaban J connectivity index is 1.17. The lowest BCUT2D eigenvalue weighted by Gasteiger charge is -2.73. The summed E-state index contributed by atoms with van der Waals surface area (Å²) in [5.41, 5.74) is 0.109. The van der Waals surface area contributed by atoms with Crippen molar-refractivity contribution in [3.63, 3.8) is 0 Å². The van der Waals surface area contributed by atoms with Crippen LogP contribution >= 0.6 is 0 Å². The average molecular weight is 605 g/mol. The number of ether oxygens (including phenoxy) is 2. The highest BCUT2D eigenvalue weighted by Gasteiger charge is 2.75. The number of benzene rings is 1. The van der Waals surface area contributed by atoms with Crippen molar-refractivity contribution in [3.8, 4) is 0 Å².